The van der Waals surface area contributed by atoms with Crippen LogP contribution in [0.4, 0.5) is 0 Å². The van der Waals surface area contributed by atoms with Gasteiger partial charge in [0.25, 0.3) is 5.91 Å². The van der Waals surface area contributed by atoms with Crippen LogP contribution in [-0.4, -0.2) is 38.8 Å². The zero-order valence-corrected chi connectivity index (χ0v) is 17.2. The summed E-state index contributed by atoms with van der Waals surface area (Å²) in [5, 5.41) is 3.32. The number of aromatic nitrogens is 3. The summed E-state index contributed by atoms with van der Waals surface area (Å²) in [6.07, 6.45) is 1.80. The van der Waals surface area contributed by atoms with Gasteiger partial charge in [0, 0.05) is 35.0 Å². The number of thiazole rings is 1. The van der Waals surface area contributed by atoms with Gasteiger partial charge < -0.3 is 9.88 Å². The highest BCUT2D eigenvalue weighted by Gasteiger charge is 2.27. The highest BCUT2D eigenvalue weighted by molar-refractivity contribution is 7.13. The summed E-state index contributed by atoms with van der Waals surface area (Å²) < 4.78 is 0. The first-order valence-corrected chi connectivity index (χ1v) is 10.9. The van der Waals surface area contributed by atoms with Crippen molar-refractivity contribution in [1.82, 2.24) is 19.9 Å². The number of amides is 1. The van der Waals surface area contributed by atoms with E-state index in [1.807, 2.05) is 58.8 Å². The Balaban J connectivity index is 1.26. The Morgan fingerprint density at radius 3 is 2.72 bits per heavy atom. The number of benzene rings is 2. The molecule has 2 aromatic carbocycles. The van der Waals surface area contributed by atoms with E-state index in [4.69, 9.17) is 16.6 Å². The highest BCUT2D eigenvalue weighted by atomic mass is 35.5. The maximum absolute atomic E-state index is 12.9. The minimum atomic E-state index is -0.00224. The Morgan fingerprint density at radius 1 is 1.10 bits per heavy atom. The maximum atomic E-state index is 12.9. The summed E-state index contributed by atoms with van der Waals surface area (Å²) in [5.41, 5.74) is 3.51. The fourth-order valence-electron chi connectivity index (χ4n) is 3.81. The van der Waals surface area contributed by atoms with Crippen molar-refractivity contribution < 1.29 is 4.79 Å². The number of carbonyl (C=O) groups excluding carboxylic acids is 1. The molecule has 0 atom stereocenters. The second kappa shape index (κ2) is 7.61. The third-order valence-electron chi connectivity index (χ3n) is 5.37. The molecule has 0 aliphatic carbocycles. The minimum Gasteiger partial charge on any atom is -0.342 e. The van der Waals surface area contributed by atoms with Crippen LogP contribution in [0.15, 0.2) is 53.9 Å². The zero-order valence-electron chi connectivity index (χ0n) is 15.6. The lowest BCUT2D eigenvalue weighted by Gasteiger charge is -2.30. The molecule has 1 N–H and O–H groups in total. The molecule has 0 radical (unpaired) electrons. The monoisotopic (exact) mass is 422 g/mol. The lowest BCUT2D eigenvalue weighted by atomic mass is 9.96. The normalized spacial score (nSPS) is 15.1. The average molecular weight is 423 g/mol. The Hall–Kier alpha value is -2.70. The Morgan fingerprint density at radius 2 is 1.93 bits per heavy atom. The molecule has 2 aromatic heterocycles. The second-order valence-corrected chi connectivity index (χ2v) is 8.55. The topological polar surface area (TPSA) is 61.9 Å². The lowest BCUT2D eigenvalue weighted by Crippen LogP contribution is -2.38. The highest BCUT2D eigenvalue weighted by Crippen LogP contribution is 2.30. The summed E-state index contributed by atoms with van der Waals surface area (Å²) in [7, 11) is 0. The Bertz CT molecular complexity index is 1140. The van der Waals surface area contributed by atoms with Crippen molar-refractivity contribution in [3.63, 3.8) is 0 Å². The molecule has 29 heavy (non-hydrogen) atoms. The molecule has 1 aliphatic rings. The molecule has 3 heterocycles. The number of halogens is 1. The molecule has 1 amide bonds. The summed E-state index contributed by atoms with van der Waals surface area (Å²) in [6, 6.07) is 15.6. The van der Waals surface area contributed by atoms with E-state index in [1.165, 1.54) is 11.3 Å². The van der Waals surface area contributed by atoms with Crippen LogP contribution >= 0.6 is 22.9 Å². The molecule has 1 aliphatic heterocycles. The van der Waals surface area contributed by atoms with Gasteiger partial charge in [-0.3, -0.25) is 4.79 Å². The van der Waals surface area contributed by atoms with Gasteiger partial charge in [0.2, 0.25) is 0 Å². The predicted octanol–water partition coefficient (Wildman–Crippen LogP) is 5.36. The van der Waals surface area contributed by atoms with E-state index in [9.17, 15) is 4.79 Å². The van der Waals surface area contributed by atoms with Gasteiger partial charge in [-0.05, 0) is 37.1 Å². The van der Waals surface area contributed by atoms with Crippen molar-refractivity contribution >= 4 is 39.9 Å². The number of hydrogen-bond donors (Lipinski definition) is 1. The molecule has 7 heteroatoms. The molecule has 5 nitrogen and oxygen atoms in total. The van der Waals surface area contributed by atoms with E-state index in [0.717, 1.165) is 40.3 Å². The number of nitrogens with zero attached hydrogens (tertiary/aromatic N) is 3. The van der Waals surface area contributed by atoms with Gasteiger partial charge >= 0.3 is 0 Å². The maximum Gasteiger partial charge on any atom is 0.273 e. The molecule has 1 fully saturated rings. The van der Waals surface area contributed by atoms with Gasteiger partial charge in [0.1, 0.15) is 16.5 Å². The standard InChI is InChI=1S/C22H19ClN4OS/c23-16-5-3-4-15(12-16)21-26-19(13-29-21)22(28)27-10-8-14(9-11-27)20-24-17-6-1-2-7-18(17)25-20/h1-7,12-14H,8-11H2,(H,24,25). The molecular weight excluding hydrogens is 404 g/mol. The quantitative estimate of drug-likeness (QED) is 0.483. The number of fused-ring (bicyclic) bond motifs is 1. The summed E-state index contributed by atoms with van der Waals surface area (Å²) >= 11 is 7.54. The first-order chi connectivity index (χ1) is 14.2. The summed E-state index contributed by atoms with van der Waals surface area (Å²) in [4.78, 5) is 27.5. The largest absolute Gasteiger partial charge is 0.342 e. The fourth-order valence-corrected chi connectivity index (χ4v) is 4.79. The molecule has 146 valence electrons. The van der Waals surface area contributed by atoms with E-state index in [-0.39, 0.29) is 5.91 Å². The van der Waals surface area contributed by atoms with Gasteiger partial charge in [-0.15, -0.1) is 11.3 Å². The number of rotatable bonds is 3. The average Bonchev–Trinajstić information content (AvgIpc) is 3.41. The van der Waals surface area contributed by atoms with E-state index in [0.29, 0.717) is 29.7 Å². The van der Waals surface area contributed by atoms with E-state index in [1.54, 1.807) is 0 Å². The predicted molar refractivity (Wildman–Crippen MR) is 117 cm³/mol. The SMILES string of the molecule is O=C(c1csc(-c2cccc(Cl)c2)n1)N1CCC(c2nc3ccccc3[nH]2)CC1. The molecular formula is C22H19ClN4OS. The van der Waals surface area contributed by atoms with Crippen LogP contribution in [0, 0.1) is 0 Å². The molecule has 0 spiro atoms. The van der Waals surface area contributed by atoms with Gasteiger partial charge in [-0.2, -0.15) is 0 Å². The van der Waals surface area contributed by atoms with Crippen LogP contribution < -0.4 is 0 Å². The number of para-hydroxylation sites is 2. The van der Waals surface area contributed by atoms with Crippen LogP contribution in [0.5, 0.6) is 0 Å². The molecule has 0 bridgehead atoms. The van der Waals surface area contributed by atoms with Crippen molar-refractivity contribution in [2.75, 3.05) is 13.1 Å². The van der Waals surface area contributed by atoms with Crippen molar-refractivity contribution in [3.8, 4) is 10.6 Å². The Labute approximate surface area is 177 Å². The van der Waals surface area contributed by atoms with Crippen molar-refractivity contribution in [2.45, 2.75) is 18.8 Å². The first-order valence-electron chi connectivity index (χ1n) is 9.63. The molecule has 0 unspecified atom stereocenters. The van der Waals surface area contributed by atoms with Gasteiger partial charge in [-0.25, -0.2) is 9.97 Å². The number of imidazole rings is 1. The van der Waals surface area contributed by atoms with Crippen LogP contribution in [0.2, 0.25) is 5.02 Å². The van der Waals surface area contributed by atoms with Gasteiger partial charge in [0.15, 0.2) is 0 Å². The fraction of sp³-hybridized carbons (Fsp3) is 0.227. The third-order valence-corrected chi connectivity index (χ3v) is 6.50. The molecule has 4 aromatic rings. The van der Waals surface area contributed by atoms with Crippen LogP contribution in [0.3, 0.4) is 0 Å². The number of carbonyl (C=O) groups is 1. The Kier molecular flexibility index (Phi) is 4.81. The number of likely N-dealkylation sites (tertiary alicyclic amines) is 1. The van der Waals surface area contributed by atoms with Crippen molar-refractivity contribution in [1.29, 1.82) is 0 Å². The van der Waals surface area contributed by atoms with Crippen LogP contribution in [-0.2, 0) is 0 Å². The first kappa shape index (κ1) is 18.3. The number of hydrogen-bond acceptors (Lipinski definition) is 4. The number of piperidine rings is 1. The van der Waals surface area contributed by atoms with Gasteiger partial charge in [-0.1, -0.05) is 35.9 Å². The molecule has 1 saturated heterocycles. The summed E-state index contributed by atoms with van der Waals surface area (Å²) in [6.45, 7) is 1.43. The van der Waals surface area contributed by atoms with Crippen molar-refractivity contribution in [2.24, 2.45) is 0 Å². The number of aromatic amines is 1. The molecule has 0 saturated carbocycles. The van der Waals surface area contributed by atoms with Crippen molar-refractivity contribution in [3.05, 3.63) is 70.5 Å². The second-order valence-electron chi connectivity index (χ2n) is 7.25. The summed E-state index contributed by atoms with van der Waals surface area (Å²) in [5.74, 6) is 1.37. The third kappa shape index (κ3) is 3.66. The zero-order chi connectivity index (χ0) is 19.8. The number of H-pyrrole nitrogens is 1. The number of nitrogens with one attached hydrogen (secondary N) is 1. The van der Waals surface area contributed by atoms with E-state index >= 15 is 0 Å². The smallest absolute Gasteiger partial charge is 0.273 e. The van der Waals surface area contributed by atoms with E-state index in [2.05, 4.69) is 9.97 Å². The van der Waals surface area contributed by atoms with Crippen LogP contribution in [0.25, 0.3) is 21.6 Å². The van der Waals surface area contributed by atoms with E-state index < -0.39 is 0 Å². The van der Waals surface area contributed by atoms with Gasteiger partial charge in [0.05, 0.1) is 11.0 Å². The molecule has 5 rings (SSSR count). The minimum absolute atomic E-state index is 0.00224. The van der Waals surface area contributed by atoms with Crippen LogP contribution in [0.1, 0.15) is 35.1 Å². The lowest BCUT2D eigenvalue weighted by molar-refractivity contribution is 0.0706.